The summed E-state index contributed by atoms with van der Waals surface area (Å²) in [6, 6.07) is 6.87. The molecule has 3 aliphatic rings. The van der Waals surface area contributed by atoms with E-state index in [0.29, 0.717) is 24.6 Å². The Kier molecular flexibility index (Phi) is 4.60. The standard InChI is InChI=1S/C18H25FN2O3S/c19-17-4-2-1-3-14(17)11-21-12-18(13-21)15(8-10-24-18)7-9-20-25(22,23)16-5-6-16/h1-4,15-16,20H,5-13H2/t15-/m1/s1. The number of nitrogens with zero attached hydrogens (tertiary/aromatic N) is 1. The number of nitrogens with one attached hydrogen (secondary N) is 1. The minimum atomic E-state index is -3.10. The molecule has 1 aromatic rings. The molecule has 7 heteroatoms. The van der Waals surface area contributed by atoms with Crippen molar-refractivity contribution in [2.75, 3.05) is 26.2 Å². The van der Waals surface area contributed by atoms with Crippen molar-refractivity contribution >= 4 is 10.0 Å². The van der Waals surface area contributed by atoms with E-state index in [2.05, 4.69) is 9.62 Å². The molecule has 0 unspecified atom stereocenters. The zero-order valence-corrected chi connectivity index (χ0v) is 15.1. The maximum atomic E-state index is 13.8. The first kappa shape index (κ1) is 17.4. The number of hydrogen-bond donors (Lipinski definition) is 1. The highest BCUT2D eigenvalue weighted by molar-refractivity contribution is 7.90. The first-order valence-electron chi connectivity index (χ1n) is 9.07. The molecule has 25 heavy (non-hydrogen) atoms. The number of likely N-dealkylation sites (tertiary alicyclic amines) is 1. The predicted octanol–water partition coefficient (Wildman–Crippen LogP) is 1.89. The molecule has 3 fully saturated rings. The molecule has 5 nitrogen and oxygen atoms in total. The minimum absolute atomic E-state index is 0.165. The summed E-state index contributed by atoms with van der Waals surface area (Å²) in [5.74, 6) is 0.202. The summed E-state index contributed by atoms with van der Waals surface area (Å²) >= 11 is 0. The fourth-order valence-corrected chi connectivity index (χ4v) is 5.50. The van der Waals surface area contributed by atoms with Crippen LogP contribution in [-0.2, 0) is 21.3 Å². The average molecular weight is 368 g/mol. The molecule has 4 rings (SSSR count). The van der Waals surface area contributed by atoms with Crippen molar-refractivity contribution in [2.45, 2.75) is 43.1 Å². The predicted molar refractivity (Wildman–Crippen MR) is 93.0 cm³/mol. The lowest BCUT2D eigenvalue weighted by Gasteiger charge is -2.50. The van der Waals surface area contributed by atoms with Gasteiger partial charge in [0.15, 0.2) is 0 Å². The van der Waals surface area contributed by atoms with Gasteiger partial charge in [0.25, 0.3) is 0 Å². The number of sulfonamides is 1. The molecule has 0 amide bonds. The van der Waals surface area contributed by atoms with Crippen LogP contribution in [0.3, 0.4) is 0 Å². The van der Waals surface area contributed by atoms with Gasteiger partial charge in [-0.25, -0.2) is 17.5 Å². The van der Waals surface area contributed by atoms with Crippen LogP contribution < -0.4 is 4.72 Å². The normalized spacial score (nSPS) is 26.0. The van der Waals surface area contributed by atoms with E-state index in [1.54, 1.807) is 6.07 Å². The van der Waals surface area contributed by atoms with Gasteiger partial charge < -0.3 is 4.74 Å². The van der Waals surface area contributed by atoms with Crippen LogP contribution >= 0.6 is 0 Å². The molecule has 2 aliphatic heterocycles. The van der Waals surface area contributed by atoms with Gasteiger partial charge in [0.1, 0.15) is 5.82 Å². The highest BCUT2D eigenvalue weighted by atomic mass is 32.2. The third kappa shape index (κ3) is 3.60. The van der Waals surface area contributed by atoms with E-state index in [1.165, 1.54) is 6.07 Å². The minimum Gasteiger partial charge on any atom is -0.372 e. The first-order chi connectivity index (χ1) is 12.0. The van der Waals surface area contributed by atoms with E-state index >= 15 is 0 Å². The molecule has 1 spiro atoms. The van der Waals surface area contributed by atoms with Crippen LogP contribution in [0.2, 0.25) is 0 Å². The molecule has 0 bridgehead atoms. The molecule has 1 saturated carbocycles. The number of rotatable bonds is 7. The van der Waals surface area contributed by atoms with Gasteiger partial charge in [-0.3, -0.25) is 4.90 Å². The average Bonchev–Trinajstić information content (AvgIpc) is 3.32. The fourth-order valence-electron chi connectivity index (χ4n) is 4.10. The largest absolute Gasteiger partial charge is 0.372 e. The molecule has 138 valence electrons. The quantitative estimate of drug-likeness (QED) is 0.799. The summed E-state index contributed by atoms with van der Waals surface area (Å²) in [6.45, 7) is 3.40. The summed E-state index contributed by atoms with van der Waals surface area (Å²) in [7, 11) is -3.10. The van der Waals surface area contributed by atoms with Gasteiger partial charge in [-0.05, 0) is 37.7 Å². The third-order valence-corrected chi connectivity index (χ3v) is 7.65. The zero-order chi connectivity index (χ0) is 17.5. The smallest absolute Gasteiger partial charge is 0.214 e. The molecule has 2 heterocycles. The van der Waals surface area contributed by atoms with Crippen molar-refractivity contribution in [3.8, 4) is 0 Å². The topological polar surface area (TPSA) is 58.6 Å². The lowest BCUT2D eigenvalue weighted by molar-refractivity contribution is -0.136. The Hall–Kier alpha value is -1.02. The van der Waals surface area contributed by atoms with Gasteiger partial charge in [0.2, 0.25) is 10.0 Å². The van der Waals surface area contributed by atoms with Crippen LogP contribution in [0.1, 0.15) is 31.2 Å². The van der Waals surface area contributed by atoms with E-state index in [4.69, 9.17) is 4.74 Å². The van der Waals surface area contributed by atoms with E-state index in [1.807, 2.05) is 12.1 Å². The van der Waals surface area contributed by atoms with E-state index in [9.17, 15) is 12.8 Å². The summed E-state index contributed by atoms with van der Waals surface area (Å²) in [5, 5.41) is -0.166. The Morgan fingerprint density at radius 1 is 1.24 bits per heavy atom. The highest BCUT2D eigenvalue weighted by Gasteiger charge is 2.52. The third-order valence-electron chi connectivity index (χ3n) is 5.69. The van der Waals surface area contributed by atoms with Crippen LogP contribution in [-0.4, -0.2) is 50.4 Å². The molecular formula is C18H25FN2O3S. The van der Waals surface area contributed by atoms with Crippen LogP contribution in [0.4, 0.5) is 4.39 Å². The first-order valence-corrected chi connectivity index (χ1v) is 10.6. The van der Waals surface area contributed by atoms with Crippen molar-refractivity contribution in [3.63, 3.8) is 0 Å². The van der Waals surface area contributed by atoms with Gasteiger partial charge >= 0.3 is 0 Å². The highest BCUT2D eigenvalue weighted by Crippen LogP contribution is 2.42. The zero-order valence-electron chi connectivity index (χ0n) is 14.3. The summed E-state index contributed by atoms with van der Waals surface area (Å²) in [5.41, 5.74) is 0.542. The van der Waals surface area contributed by atoms with E-state index in [-0.39, 0.29) is 16.7 Å². The SMILES string of the molecule is O=S(=O)(NCC[C@@H]1CCOC12CN(Cc1ccccc1F)C2)C1CC1. The van der Waals surface area contributed by atoms with Crippen LogP contribution in [0, 0.1) is 11.7 Å². The maximum Gasteiger partial charge on any atom is 0.214 e. The summed E-state index contributed by atoms with van der Waals surface area (Å²) < 4.78 is 46.4. The Bertz CT molecular complexity index is 730. The molecule has 2 saturated heterocycles. The van der Waals surface area contributed by atoms with Crippen molar-refractivity contribution in [2.24, 2.45) is 5.92 Å². The second-order valence-corrected chi connectivity index (χ2v) is 9.61. The lowest BCUT2D eigenvalue weighted by atomic mass is 9.79. The Morgan fingerprint density at radius 3 is 2.72 bits per heavy atom. The van der Waals surface area contributed by atoms with Gasteiger partial charge in [-0.15, -0.1) is 0 Å². The van der Waals surface area contributed by atoms with E-state index < -0.39 is 10.0 Å². The van der Waals surface area contributed by atoms with Crippen molar-refractivity contribution in [1.29, 1.82) is 0 Å². The molecule has 1 atom stereocenters. The Balaban J connectivity index is 1.28. The second kappa shape index (κ2) is 6.61. The van der Waals surface area contributed by atoms with Gasteiger partial charge in [0, 0.05) is 38.3 Å². The molecule has 1 N–H and O–H groups in total. The van der Waals surface area contributed by atoms with Crippen molar-refractivity contribution in [3.05, 3.63) is 35.6 Å². The summed E-state index contributed by atoms with van der Waals surface area (Å²) in [6.07, 6.45) is 3.35. The molecule has 1 aromatic carbocycles. The Labute approximate surface area is 148 Å². The second-order valence-electron chi connectivity index (χ2n) is 7.56. The maximum absolute atomic E-state index is 13.8. The van der Waals surface area contributed by atoms with Crippen LogP contribution in [0.15, 0.2) is 24.3 Å². The molecule has 0 aromatic heterocycles. The number of halogens is 1. The molecule has 0 radical (unpaired) electrons. The van der Waals surface area contributed by atoms with Crippen molar-refractivity contribution in [1.82, 2.24) is 9.62 Å². The van der Waals surface area contributed by atoms with E-state index in [0.717, 1.165) is 45.4 Å². The number of hydrogen-bond acceptors (Lipinski definition) is 4. The molecule has 1 aliphatic carbocycles. The van der Waals surface area contributed by atoms with Gasteiger partial charge in [-0.1, -0.05) is 18.2 Å². The van der Waals surface area contributed by atoms with Gasteiger partial charge in [0.05, 0.1) is 10.9 Å². The van der Waals surface area contributed by atoms with Crippen molar-refractivity contribution < 1.29 is 17.5 Å². The summed E-state index contributed by atoms with van der Waals surface area (Å²) in [4.78, 5) is 2.20. The number of benzene rings is 1. The molecular weight excluding hydrogens is 343 g/mol. The Morgan fingerprint density at radius 2 is 2.00 bits per heavy atom. The van der Waals surface area contributed by atoms with Crippen LogP contribution in [0.25, 0.3) is 0 Å². The number of ether oxygens (including phenoxy) is 1. The monoisotopic (exact) mass is 368 g/mol. The van der Waals surface area contributed by atoms with Crippen LogP contribution in [0.5, 0.6) is 0 Å². The van der Waals surface area contributed by atoms with Gasteiger partial charge in [-0.2, -0.15) is 0 Å². The fraction of sp³-hybridized carbons (Fsp3) is 0.667. The lowest BCUT2D eigenvalue weighted by Crippen LogP contribution is -2.64.